The molecule has 6 aromatic heterocycles. The minimum Gasteiger partial charge on any atom is -0.234 e. The lowest BCUT2D eigenvalue weighted by atomic mass is 10.3. The van der Waals surface area contributed by atoms with Crippen LogP contribution in [-0.2, 0) is 0 Å². The van der Waals surface area contributed by atoms with Gasteiger partial charge in [0.05, 0.1) is 18.6 Å². The summed E-state index contributed by atoms with van der Waals surface area (Å²) in [7, 11) is 0. The highest BCUT2D eigenvalue weighted by atomic mass is 15.3. The van der Waals surface area contributed by atoms with Crippen molar-refractivity contribution in [2.24, 2.45) is 0 Å². The van der Waals surface area contributed by atoms with E-state index in [1.54, 1.807) is 18.6 Å². The molecule has 0 saturated carbocycles. The Balaban J connectivity index is 0.000000118. The Morgan fingerprint density at radius 3 is 1.00 bits per heavy atom. The topological polar surface area (TPSA) is 90.6 Å². The van der Waals surface area contributed by atoms with E-state index in [4.69, 9.17) is 0 Å². The fraction of sp³-hybridized carbons (Fsp3) is 0.250. The van der Waals surface area contributed by atoms with Crippen molar-refractivity contribution in [1.29, 1.82) is 0 Å². The molecule has 9 nitrogen and oxygen atoms in total. The molecule has 0 spiro atoms. The van der Waals surface area contributed by atoms with Gasteiger partial charge in [0.2, 0.25) is 0 Å². The second-order valence-electron chi connectivity index (χ2n) is 7.92. The Labute approximate surface area is 191 Å². The molecule has 0 atom stereocenters. The lowest BCUT2D eigenvalue weighted by Gasteiger charge is -1.98. The van der Waals surface area contributed by atoms with Gasteiger partial charge in [-0.1, -0.05) is 0 Å². The summed E-state index contributed by atoms with van der Waals surface area (Å²) in [6, 6.07) is 11.8. The average molecular weight is 442 g/mol. The van der Waals surface area contributed by atoms with Crippen LogP contribution >= 0.6 is 0 Å². The second kappa shape index (κ2) is 9.15. The molecule has 0 unspecified atom stereocenters. The van der Waals surface area contributed by atoms with Gasteiger partial charge in [-0.25, -0.2) is 28.5 Å². The zero-order valence-corrected chi connectivity index (χ0v) is 19.7. The van der Waals surface area contributed by atoms with Crippen LogP contribution in [-0.4, -0.2) is 43.8 Å². The maximum absolute atomic E-state index is 4.30. The molecule has 0 aliphatic heterocycles. The first-order valence-electron chi connectivity index (χ1n) is 10.7. The first-order valence-corrected chi connectivity index (χ1v) is 10.7. The summed E-state index contributed by atoms with van der Waals surface area (Å²) in [5, 5.41) is 12.3. The lowest BCUT2D eigenvalue weighted by molar-refractivity contribution is 0.886. The monoisotopic (exact) mass is 441 g/mol. The molecular weight excluding hydrogens is 414 g/mol. The molecule has 0 aliphatic rings. The highest BCUT2D eigenvalue weighted by Crippen LogP contribution is 2.06. The number of hydrogen-bond acceptors (Lipinski definition) is 6. The maximum Gasteiger partial charge on any atom is 0.155 e. The van der Waals surface area contributed by atoms with Gasteiger partial charge in [-0.05, 0) is 59.7 Å². The van der Waals surface area contributed by atoms with Crippen LogP contribution in [0.4, 0.5) is 0 Å². The van der Waals surface area contributed by atoms with E-state index in [0.717, 1.165) is 51.1 Å². The summed E-state index contributed by atoms with van der Waals surface area (Å²) in [6.45, 7) is 12.0. The Bertz CT molecular complexity index is 1350. The second-order valence-corrected chi connectivity index (χ2v) is 7.92. The van der Waals surface area contributed by atoms with E-state index in [9.17, 15) is 0 Å². The smallest absolute Gasteiger partial charge is 0.155 e. The van der Waals surface area contributed by atoms with Crippen molar-refractivity contribution in [1.82, 2.24) is 43.8 Å². The minimum absolute atomic E-state index is 0.919. The van der Waals surface area contributed by atoms with Gasteiger partial charge < -0.3 is 0 Å². The van der Waals surface area contributed by atoms with Crippen molar-refractivity contribution in [3.63, 3.8) is 0 Å². The summed E-state index contributed by atoms with van der Waals surface area (Å²) in [5.74, 6) is 0. The SMILES string of the molecule is Cc1cc(C)n2nccc2n1.Cc1cc(C)n2nccc2n1.Cc1cc(C)n2nccc2n1. The third-order valence-corrected chi connectivity index (χ3v) is 5.00. The lowest BCUT2D eigenvalue weighted by Crippen LogP contribution is -1.96. The van der Waals surface area contributed by atoms with Crippen molar-refractivity contribution in [2.45, 2.75) is 41.5 Å². The quantitative estimate of drug-likeness (QED) is 0.353. The Hall–Kier alpha value is -4.14. The number of hydrogen-bond donors (Lipinski definition) is 0. The van der Waals surface area contributed by atoms with Crippen molar-refractivity contribution in [3.05, 3.63) is 89.2 Å². The van der Waals surface area contributed by atoms with Crippen LogP contribution in [0.15, 0.2) is 55.0 Å². The Morgan fingerprint density at radius 2 is 0.727 bits per heavy atom. The number of aryl methyl sites for hydroxylation is 6. The third-order valence-electron chi connectivity index (χ3n) is 5.00. The molecule has 0 fully saturated rings. The van der Waals surface area contributed by atoms with Gasteiger partial charge in [0.15, 0.2) is 16.9 Å². The molecule has 33 heavy (non-hydrogen) atoms. The van der Waals surface area contributed by atoms with E-state index in [0.29, 0.717) is 0 Å². The largest absolute Gasteiger partial charge is 0.234 e. The van der Waals surface area contributed by atoms with Gasteiger partial charge in [0, 0.05) is 52.4 Å². The van der Waals surface area contributed by atoms with Gasteiger partial charge in [0.1, 0.15) is 0 Å². The van der Waals surface area contributed by atoms with E-state index in [2.05, 4.69) is 30.2 Å². The van der Waals surface area contributed by atoms with Crippen LogP contribution in [0.5, 0.6) is 0 Å². The summed E-state index contributed by atoms with van der Waals surface area (Å²) >= 11 is 0. The maximum atomic E-state index is 4.30. The predicted octanol–water partition coefficient (Wildman–Crippen LogP) is 4.04. The van der Waals surface area contributed by atoms with Crippen LogP contribution in [0, 0.1) is 41.5 Å². The van der Waals surface area contributed by atoms with Gasteiger partial charge >= 0.3 is 0 Å². The highest BCUT2D eigenvalue weighted by molar-refractivity contribution is 5.39. The molecule has 0 aromatic carbocycles. The molecular formula is C24H27N9. The summed E-state index contributed by atoms with van der Waals surface area (Å²) < 4.78 is 5.48. The molecule has 0 aliphatic carbocycles. The zero-order chi connectivity index (χ0) is 23.5. The van der Waals surface area contributed by atoms with Gasteiger partial charge in [-0.15, -0.1) is 0 Å². The summed E-state index contributed by atoms with van der Waals surface area (Å²) in [4.78, 5) is 12.9. The Kier molecular flexibility index (Phi) is 6.12. The molecule has 9 heteroatoms. The number of rotatable bonds is 0. The molecule has 0 N–H and O–H groups in total. The van der Waals surface area contributed by atoms with Gasteiger partial charge in [0.25, 0.3) is 0 Å². The van der Waals surface area contributed by atoms with Crippen molar-refractivity contribution < 1.29 is 0 Å². The zero-order valence-electron chi connectivity index (χ0n) is 19.7. The highest BCUT2D eigenvalue weighted by Gasteiger charge is 1.99. The van der Waals surface area contributed by atoms with E-state index in [-0.39, 0.29) is 0 Å². The van der Waals surface area contributed by atoms with Gasteiger partial charge in [-0.3, -0.25) is 0 Å². The molecule has 0 bridgehead atoms. The van der Waals surface area contributed by atoms with E-state index < -0.39 is 0 Å². The molecule has 0 radical (unpaired) electrons. The van der Waals surface area contributed by atoms with E-state index >= 15 is 0 Å². The minimum atomic E-state index is 0.919. The molecule has 0 saturated heterocycles. The first kappa shape index (κ1) is 22.1. The summed E-state index contributed by atoms with van der Waals surface area (Å²) in [5.41, 5.74) is 9.24. The standard InChI is InChI=1S/3C8H9N3/c3*1-6-5-7(2)11-8(10-6)3-4-9-11/h3*3-5H,1-2H3. The first-order chi connectivity index (χ1) is 15.8. The summed E-state index contributed by atoms with van der Waals surface area (Å²) in [6.07, 6.45) is 5.28. The normalized spacial score (nSPS) is 10.7. The molecule has 168 valence electrons. The van der Waals surface area contributed by atoms with Crippen molar-refractivity contribution >= 4 is 16.9 Å². The van der Waals surface area contributed by atoms with E-state index in [1.807, 2.05) is 91.5 Å². The molecule has 6 rings (SSSR count). The number of fused-ring (bicyclic) bond motifs is 3. The molecule has 6 heterocycles. The molecule has 6 aromatic rings. The number of aromatic nitrogens is 9. The average Bonchev–Trinajstić information content (AvgIpc) is 3.48. The van der Waals surface area contributed by atoms with Crippen LogP contribution < -0.4 is 0 Å². The van der Waals surface area contributed by atoms with Crippen LogP contribution in [0.3, 0.4) is 0 Å². The fourth-order valence-corrected chi connectivity index (χ4v) is 3.69. The van der Waals surface area contributed by atoms with Crippen LogP contribution in [0.25, 0.3) is 16.9 Å². The van der Waals surface area contributed by atoms with Crippen molar-refractivity contribution in [2.75, 3.05) is 0 Å². The van der Waals surface area contributed by atoms with Crippen LogP contribution in [0.2, 0.25) is 0 Å². The van der Waals surface area contributed by atoms with E-state index in [1.165, 1.54) is 0 Å². The predicted molar refractivity (Wildman–Crippen MR) is 127 cm³/mol. The van der Waals surface area contributed by atoms with Crippen LogP contribution in [0.1, 0.15) is 34.2 Å². The Morgan fingerprint density at radius 1 is 0.455 bits per heavy atom. The van der Waals surface area contributed by atoms with Gasteiger partial charge in [-0.2, -0.15) is 15.3 Å². The molecule has 0 amide bonds. The fourth-order valence-electron chi connectivity index (χ4n) is 3.69. The number of nitrogens with zero attached hydrogens (tertiary/aromatic N) is 9. The third kappa shape index (κ3) is 4.87. The van der Waals surface area contributed by atoms with Crippen molar-refractivity contribution in [3.8, 4) is 0 Å².